The molecule has 2 fully saturated rings. The molecule has 0 unspecified atom stereocenters. The summed E-state index contributed by atoms with van der Waals surface area (Å²) in [5.41, 5.74) is 1.28. The second-order valence-electron chi connectivity index (χ2n) is 6.87. The van der Waals surface area contributed by atoms with Gasteiger partial charge in [-0.25, -0.2) is 8.42 Å². The van der Waals surface area contributed by atoms with Crippen LogP contribution in [-0.4, -0.2) is 62.1 Å². The lowest BCUT2D eigenvalue weighted by molar-refractivity contribution is 0.151. The van der Waals surface area contributed by atoms with Gasteiger partial charge >= 0.3 is 0 Å². The Morgan fingerprint density at radius 1 is 0.958 bits per heavy atom. The molecule has 2 aliphatic rings. The third kappa shape index (κ3) is 3.99. The molecule has 5 nitrogen and oxygen atoms in total. The number of rotatable bonds is 5. The molecule has 1 saturated heterocycles. The first-order valence-electron chi connectivity index (χ1n) is 9.04. The van der Waals surface area contributed by atoms with Crippen LogP contribution in [-0.2, 0) is 10.0 Å². The predicted octanol–water partition coefficient (Wildman–Crippen LogP) is 2.03. The molecule has 1 aliphatic heterocycles. The molecule has 0 amide bonds. The Hall–Kier alpha value is -0.950. The average molecular weight is 353 g/mol. The van der Waals surface area contributed by atoms with Gasteiger partial charge in [-0.05, 0) is 36.5 Å². The SMILES string of the molecule is O=S(=O)(c1ccc(C2CCCCC2)cc1)N1CCN(CCO)CC1. The van der Waals surface area contributed by atoms with Crippen LogP contribution in [0.25, 0.3) is 0 Å². The number of piperazine rings is 1. The Kier molecular flexibility index (Phi) is 5.92. The van der Waals surface area contributed by atoms with E-state index in [9.17, 15) is 8.42 Å². The third-order valence-electron chi connectivity index (χ3n) is 5.34. The van der Waals surface area contributed by atoms with Crippen molar-refractivity contribution in [1.82, 2.24) is 9.21 Å². The summed E-state index contributed by atoms with van der Waals surface area (Å²) in [5.74, 6) is 0.595. The molecule has 0 spiro atoms. The molecular formula is C18H28N2O3S. The molecule has 1 aromatic carbocycles. The number of aliphatic hydroxyl groups is 1. The van der Waals surface area contributed by atoms with Crippen molar-refractivity contribution in [1.29, 1.82) is 0 Å². The topological polar surface area (TPSA) is 60.9 Å². The molecule has 1 aliphatic carbocycles. The zero-order chi connectivity index (χ0) is 17.0. The van der Waals surface area contributed by atoms with E-state index in [1.807, 2.05) is 12.1 Å². The van der Waals surface area contributed by atoms with Gasteiger partial charge in [-0.2, -0.15) is 4.31 Å². The minimum absolute atomic E-state index is 0.120. The van der Waals surface area contributed by atoms with E-state index < -0.39 is 10.0 Å². The second kappa shape index (κ2) is 7.95. The van der Waals surface area contributed by atoms with Crippen molar-refractivity contribution < 1.29 is 13.5 Å². The van der Waals surface area contributed by atoms with Crippen LogP contribution >= 0.6 is 0 Å². The van der Waals surface area contributed by atoms with Crippen LogP contribution in [0.3, 0.4) is 0 Å². The lowest BCUT2D eigenvalue weighted by Crippen LogP contribution is -2.49. The summed E-state index contributed by atoms with van der Waals surface area (Å²) in [6.45, 7) is 3.08. The fraction of sp³-hybridized carbons (Fsp3) is 0.667. The molecular weight excluding hydrogens is 324 g/mol. The number of hydrogen-bond donors (Lipinski definition) is 1. The molecule has 3 rings (SSSR count). The number of aliphatic hydroxyl groups excluding tert-OH is 1. The van der Waals surface area contributed by atoms with Gasteiger partial charge in [0.2, 0.25) is 10.0 Å². The van der Waals surface area contributed by atoms with Crippen LogP contribution in [0.15, 0.2) is 29.2 Å². The van der Waals surface area contributed by atoms with Crippen LogP contribution in [0.5, 0.6) is 0 Å². The van der Waals surface area contributed by atoms with E-state index in [0.29, 0.717) is 43.5 Å². The highest BCUT2D eigenvalue weighted by Crippen LogP contribution is 2.33. The minimum atomic E-state index is -3.40. The van der Waals surface area contributed by atoms with E-state index >= 15 is 0 Å². The third-order valence-corrected chi connectivity index (χ3v) is 7.25. The Morgan fingerprint density at radius 3 is 2.17 bits per heavy atom. The van der Waals surface area contributed by atoms with Gasteiger partial charge in [0.05, 0.1) is 11.5 Å². The zero-order valence-electron chi connectivity index (χ0n) is 14.2. The Morgan fingerprint density at radius 2 is 1.58 bits per heavy atom. The smallest absolute Gasteiger partial charge is 0.243 e. The summed E-state index contributed by atoms with van der Waals surface area (Å²) in [7, 11) is -3.40. The van der Waals surface area contributed by atoms with E-state index in [1.54, 1.807) is 16.4 Å². The van der Waals surface area contributed by atoms with E-state index in [0.717, 1.165) is 0 Å². The van der Waals surface area contributed by atoms with Crippen LogP contribution in [0.1, 0.15) is 43.6 Å². The number of nitrogens with zero attached hydrogens (tertiary/aromatic N) is 2. The summed E-state index contributed by atoms with van der Waals surface area (Å²) in [4.78, 5) is 2.50. The van der Waals surface area contributed by atoms with Crippen molar-refractivity contribution in [2.45, 2.75) is 42.9 Å². The van der Waals surface area contributed by atoms with E-state index in [1.165, 1.54) is 37.7 Å². The highest BCUT2D eigenvalue weighted by molar-refractivity contribution is 7.89. The quantitative estimate of drug-likeness (QED) is 0.881. The largest absolute Gasteiger partial charge is 0.395 e. The standard InChI is InChI=1S/C18H28N2O3S/c21-15-14-19-10-12-20(13-11-19)24(22,23)18-8-6-17(7-9-18)16-4-2-1-3-5-16/h6-9,16,21H,1-5,10-15H2. The van der Waals surface area contributed by atoms with Crippen LogP contribution in [0.4, 0.5) is 0 Å². The molecule has 134 valence electrons. The van der Waals surface area contributed by atoms with Crippen molar-refractivity contribution in [2.24, 2.45) is 0 Å². The van der Waals surface area contributed by atoms with Gasteiger partial charge in [0.15, 0.2) is 0 Å². The van der Waals surface area contributed by atoms with Gasteiger partial charge in [0.1, 0.15) is 0 Å². The maximum Gasteiger partial charge on any atom is 0.243 e. The van der Waals surface area contributed by atoms with E-state index in [2.05, 4.69) is 4.90 Å². The van der Waals surface area contributed by atoms with Crippen molar-refractivity contribution in [3.63, 3.8) is 0 Å². The fourth-order valence-electron chi connectivity index (χ4n) is 3.83. The molecule has 1 N–H and O–H groups in total. The lowest BCUT2D eigenvalue weighted by Gasteiger charge is -2.33. The highest BCUT2D eigenvalue weighted by atomic mass is 32.2. The minimum Gasteiger partial charge on any atom is -0.395 e. The number of β-amino-alcohol motifs (C(OH)–C–C–N with tert-alkyl or cyclic N) is 1. The summed E-state index contributed by atoms with van der Waals surface area (Å²) >= 11 is 0. The highest BCUT2D eigenvalue weighted by Gasteiger charge is 2.28. The molecule has 6 heteroatoms. The first-order valence-corrected chi connectivity index (χ1v) is 10.5. The molecule has 1 saturated carbocycles. The van der Waals surface area contributed by atoms with Crippen LogP contribution in [0, 0.1) is 0 Å². The Bertz CT molecular complexity index is 616. The first kappa shape index (κ1) is 17.9. The van der Waals surface area contributed by atoms with Gasteiger partial charge in [0.25, 0.3) is 0 Å². The molecule has 24 heavy (non-hydrogen) atoms. The Labute approximate surface area is 145 Å². The molecule has 0 aromatic heterocycles. The van der Waals surface area contributed by atoms with Crippen LogP contribution in [0.2, 0.25) is 0 Å². The van der Waals surface area contributed by atoms with Crippen molar-refractivity contribution in [3.05, 3.63) is 29.8 Å². The molecule has 0 radical (unpaired) electrons. The zero-order valence-corrected chi connectivity index (χ0v) is 15.0. The summed E-state index contributed by atoms with van der Waals surface area (Å²) < 4.78 is 27.2. The molecule has 0 bridgehead atoms. The first-order chi connectivity index (χ1) is 11.6. The average Bonchev–Trinajstić information content (AvgIpc) is 2.63. The monoisotopic (exact) mass is 352 g/mol. The second-order valence-corrected chi connectivity index (χ2v) is 8.81. The lowest BCUT2D eigenvalue weighted by atomic mass is 9.84. The van der Waals surface area contributed by atoms with E-state index in [-0.39, 0.29) is 6.61 Å². The Balaban J connectivity index is 1.66. The van der Waals surface area contributed by atoms with Crippen molar-refractivity contribution in [2.75, 3.05) is 39.3 Å². The maximum absolute atomic E-state index is 12.8. The molecule has 1 heterocycles. The summed E-state index contributed by atoms with van der Waals surface area (Å²) in [6.07, 6.45) is 6.33. The maximum atomic E-state index is 12.8. The fourth-order valence-corrected chi connectivity index (χ4v) is 5.25. The van der Waals surface area contributed by atoms with E-state index in [4.69, 9.17) is 5.11 Å². The molecule has 0 atom stereocenters. The molecule has 1 aromatic rings. The number of hydrogen-bond acceptors (Lipinski definition) is 4. The predicted molar refractivity (Wildman–Crippen MR) is 94.6 cm³/mol. The number of sulfonamides is 1. The summed E-state index contributed by atoms with van der Waals surface area (Å²) in [6, 6.07) is 7.56. The van der Waals surface area contributed by atoms with Crippen LogP contribution < -0.4 is 0 Å². The summed E-state index contributed by atoms with van der Waals surface area (Å²) in [5, 5.41) is 8.98. The van der Waals surface area contributed by atoms with Crippen molar-refractivity contribution in [3.8, 4) is 0 Å². The normalized spacial score (nSPS) is 21.9. The number of benzene rings is 1. The van der Waals surface area contributed by atoms with Gasteiger partial charge in [0, 0.05) is 32.7 Å². The van der Waals surface area contributed by atoms with Crippen molar-refractivity contribution >= 4 is 10.0 Å². The van der Waals surface area contributed by atoms with Gasteiger partial charge in [-0.15, -0.1) is 0 Å². The van der Waals surface area contributed by atoms with Gasteiger partial charge in [-0.1, -0.05) is 31.4 Å². The van der Waals surface area contributed by atoms with Gasteiger partial charge in [-0.3, -0.25) is 4.90 Å². The van der Waals surface area contributed by atoms with Gasteiger partial charge < -0.3 is 5.11 Å².